The van der Waals surface area contributed by atoms with E-state index in [2.05, 4.69) is 5.32 Å². The lowest BCUT2D eigenvalue weighted by Crippen LogP contribution is -2.35. The third kappa shape index (κ3) is 3.69. The lowest BCUT2D eigenvalue weighted by molar-refractivity contribution is 0.418. The fourth-order valence-electron chi connectivity index (χ4n) is 1.14. The molecule has 80 valence electrons. The average Bonchev–Trinajstić information content (AvgIpc) is 2.15. The molecule has 0 bridgehead atoms. The summed E-state index contributed by atoms with van der Waals surface area (Å²) in [5, 5.41) is 11.9. The van der Waals surface area contributed by atoms with E-state index in [1.54, 1.807) is 6.07 Å². The van der Waals surface area contributed by atoms with Crippen LogP contribution in [-0.2, 0) is 6.54 Å². The second kappa shape index (κ2) is 4.41. The van der Waals surface area contributed by atoms with E-state index in [1.165, 1.54) is 12.1 Å². The van der Waals surface area contributed by atoms with Crippen LogP contribution in [0.25, 0.3) is 0 Å². The molecule has 0 unspecified atom stereocenters. The molecule has 15 heavy (non-hydrogen) atoms. The van der Waals surface area contributed by atoms with E-state index < -0.39 is 0 Å². The summed E-state index contributed by atoms with van der Waals surface area (Å²) in [5.74, 6) is -0.272. The second-order valence-corrected chi connectivity index (χ2v) is 4.52. The topological polar surface area (TPSA) is 35.8 Å². The standard InChI is InChI=1S/C12H15FN2/c1-12(2,3)15-8-10-6-9(7-14)4-5-11(10)13/h4-6,15H,8H2,1-3H3. The maximum absolute atomic E-state index is 13.3. The highest BCUT2D eigenvalue weighted by atomic mass is 19.1. The zero-order valence-corrected chi connectivity index (χ0v) is 9.26. The second-order valence-electron chi connectivity index (χ2n) is 4.52. The first-order valence-electron chi connectivity index (χ1n) is 4.86. The van der Waals surface area contributed by atoms with Gasteiger partial charge in [0.2, 0.25) is 0 Å². The Labute approximate surface area is 89.7 Å². The molecule has 0 fully saturated rings. The smallest absolute Gasteiger partial charge is 0.127 e. The summed E-state index contributed by atoms with van der Waals surface area (Å²) >= 11 is 0. The minimum Gasteiger partial charge on any atom is -0.308 e. The van der Waals surface area contributed by atoms with Crippen LogP contribution in [0.5, 0.6) is 0 Å². The van der Waals surface area contributed by atoms with E-state index in [-0.39, 0.29) is 11.4 Å². The highest BCUT2D eigenvalue weighted by molar-refractivity contribution is 5.33. The number of halogens is 1. The molecular formula is C12H15FN2. The van der Waals surface area contributed by atoms with Gasteiger partial charge in [0.1, 0.15) is 5.82 Å². The Hall–Kier alpha value is -1.40. The molecule has 0 aliphatic heterocycles. The van der Waals surface area contributed by atoms with Crippen molar-refractivity contribution in [1.29, 1.82) is 5.26 Å². The van der Waals surface area contributed by atoms with E-state index >= 15 is 0 Å². The molecule has 0 radical (unpaired) electrons. The van der Waals surface area contributed by atoms with Crippen molar-refractivity contribution in [2.24, 2.45) is 0 Å². The van der Waals surface area contributed by atoms with Gasteiger partial charge >= 0.3 is 0 Å². The van der Waals surface area contributed by atoms with Crippen LogP contribution in [0.1, 0.15) is 31.9 Å². The first kappa shape index (κ1) is 11.7. The molecule has 1 aromatic rings. The van der Waals surface area contributed by atoms with E-state index in [4.69, 9.17) is 5.26 Å². The lowest BCUT2D eigenvalue weighted by atomic mass is 10.1. The lowest BCUT2D eigenvalue weighted by Gasteiger charge is -2.20. The van der Waals surface area contributed by atoms with Crippen LogP contribution in [0, 0.1) is 17.1 Å². The minimum atomic E-state index is -0.272. The maximum atomic E-state index is 13.3. The predicted molar refractivity (Wildman–Crippen MR) is 57.7 cm³/mol. The van der Waals surface area contributed by atoms with E-state index in [9.17, 15) is 4.39 Å². The molecule has 0 saturated carbocycles. The molecule has 1 aromatic carbocycles. The van der Waals surface area contributed by atoms with Gasteiger partial charge in [0.15, 0.2) is 0 Å². The maximum Gasteiger partial charge on any atom is 0.127 e. The largest absolute Gasteiger partial charge is 0.308 e. The van der Waals surface area contributed by atoms with Crippen LogP contribution < -0.4 is 5.32 Å². The summed E-state index contributed by atoms with van der Waals surface area (Å²) in [4.78, 5) is 0. The number of nitrogens with zero attached hydrogens (tertiary/aromatic N) is 1. The van der Waals surface area contributed by atoms with Crippen molar-refractivity contribution < 1.29 is 4.39 Å². The monoisotopic (exact) mass is 206 g/mol. The molecule has 2 nitrogen and oxygen atoms in total. The van der Waals surface area contributed by atoms with Gasteiger partial charge < -0.3 is 5.32 Å². The Morgan fingerprint density at radius 1 is 1.40 bits per heavy atom. The van der Waals surface area contributed by atoms with Gasteiger partial charge in [0.05, 0.1) is 11.6 Å². The molecule has 3 heteroatoms. The van der Waals surface area contributed by atoms with Crippen LogP contribution in [0.3, 0.4) is 0 Å². The SMILES string of the molecule is CC(C)(C)NCc1cc(C#N)ccc1F. The summed E-state index contributed by atoms with van der Waals surface area (Å²) in [6, 6.07) is 6.39. The van der Waals surface area contributed by atoms with Crippen LogP contribution in [0.2, 0.25) is 0 Å². The first-order valence-corrected chi connectivity index (χ1v) is 4.86. The summed E-state index contributed by atoms with van der Waals surface area (Å²) in [5.41, 5.74) is 0.959. The van der Waals surface area contributed by atoms with E-state index in [0.29, 0.717) is 17.7 Å². The van der Waals surface area contributed by atoms with Crippen molar-refractivity contribution in [3.05, 3.63) is 35.1 Å². The van der Waals surface area contributed by atoms with Gasteiger partial charge in [-0.25, -0.2) is 4.39 Å². The number of benzene rings is 1. The third-order valence-corrected chi connectivity index (χ3v) is 1.98. The number of nitrogens with one attached hydrogen (secondary N) is 1. The number of nitriles is 1. The van der Waals surface area contributed by atoms with Crippen LogP contribution in [0.15, 0.2) is 18.2 Å². The van der Waals surface area contributed by atoms with Gasteiger partial charge in [-0.2, -0.15) is 5.26 Å². The van der Waals surface area contributed by atoms with Gasteiger partial charge in [-0.3, -0.25) is 0 Å². The average molecular weight is 206 g/mol. The number of hydrogen-bond donors (Lipinski definition) is 1. The predicted octanol–water partition coefficient (Wildman–Crippen LogP) is 2.59. The summed E-state index contributed by atoms with van der Waals surface area (Å²) in [6.07, 6.45) is 0. The van der Waals surface area contributed by atoms with Crippen molar-refractivity contribution in [3.8, 4) is 6.07 Å². The van der Waals surface area contributed by atoms with Gasteiger partial charge in [0.25, 0.3) is 0 Å². The third-order valence-electron chi connectivity index (χ3n) is 1.98. The Kier molecular flexibility index (Phi) is 3.43. The van der Waals surface area contributed by atoms with Crippen LogP contribution in [0.4, 0.5) is 4.39 Å². The number of rotatable bonds is 2. The highest BCUT2D eigenvalue weighted by Crippen LogP contribution is 2.11. The molecule has 1 N–H and O–H groups in total. The van der Waals surface area contributed by atoms with Gasteiger partial charge in [-0.15, -0.1) is 0 Å². The minimum absolute atomic E-state index is 0.0604. The molecule has 0 aliphatic carbocycles. The van der Waals surface area contributed by atoms with Crippen molar-refractivity contribution in [3.63, 3.8) is 0 Å². The van der Waals surface area contributed by atoms with E-state index in [1.807, 2.05) is 26.8 Å². The zero-order chi connectivity index (χ0) is 11.5. The molecule has 0 amide bonds. The first-order chi connectivity index (χ1) is 6.92. The summed E-state index contributed by atoms with van der Waals surface area (Å²) in [6.45, 7) is 6.47. The highest BCUT2D eigenvalue weighted by Gasteiger charge is 2.10. The Morgan fingerprint density at radius 2 is 2.07 bits per heavy atom. The van der Waals surface area contributed by atoms with Gasteiger partial charge in [0, 0.05) is 17.6 Å². The Morgan fingerprint density at radius 3 is 2.60 bits per heavy atom. The normalized spacial score (nSPS) is 11.1. The van der Waals surface area contributed by atoms with Crippen LogP contribution >= 0.6 is 0 Å². The summed E-state index contributed by atoms with van der Waals surface area (Å²) < 4.78 is 13.3. The molecule has 1 rings (SSSR count). The molecule has 0 heterocycles. The molecular weight excluding hydrogens is 191 g/mol. The molecule has 0 saturated heterocycles. The summed E-state index contributed by atoms with van der Waals surface area (Å²) in [7, 11) is 0. The molecule has 0 aromatic heterocycles. The van der Waals surface area contributed by atoms with Crippen LogP contribution in [-0.4, -0.2) is 5.54 Å². The zero-order valence-electron chi connectivity index (χ0n) is 9.26. The Bertz CT molecular complexity index is 386. The Balaban J connectivity index is 2.81. The van der Waals surface area contributed by atoms with Gasteiger partial charge in [-0.1, -0.05) is 0 Å². The van der Waals surface area contributed by atoms with Crippen molar-refractivity contribution >= 4 is 0 Å². The van der Waals surface area contributed by atoms with Crippen molar-refractivity contribution in [2.45, 2.75) is 32.9 Å². The molecule has 0 spiro atoms. The fourth-order valence-corrected chi connectivity index (χ4v) is 1.14. The quantitative estimate of drug-likeness (QED) is 0.807. The van der Waals surface area contributed by atoms with E-state index in [0.717, 1.165) is 0 Å². The fraction of sp³-hybridized carbons (Fsp3) is 0.417. The van der Waals surface area contributed by atoms with Crippen molar-refractivity contribution in [1.82, 2.24) is 5.32 Å². The molecule has 0 atom stereocenters. The number of hydrogen-bond acceptors (Lipinski definition) is 2. The van der Waals surface area contributed by atoms with Crippen molar-refractivity contribution in [2.75, 3.05) is 0 Å². The van der Waals surface area contributed by atoms with Gasteiger partial charge in [-0.05, 0) is 39.0 Å². The molecule has 0 aliphatic rings.